The molecular formula is C11H11NO2. The number of rotatable bonds is 2. The minimum absolute atomic E-state index is 0.0335. The molecule has 3 heteroatoms. The molecule has 0 aromatic heterocycles. The first-order valence-corrected chi connectivity index (χ1v) is 4.63. The predicted octanol–water partition coefficient (Wildman–Crippen LogP) is 1.47. The molecule has 0 aliphatic carbocycles. The van der Waals surface area contributed by atoms with E-state index in [1.165, 1.54) is 0 Å². The zero-order chi connectivity index (χ0) is 10.1. The fourth-order valence-electron chi connectivity index (χ4n) is 1.71. The lowest BCUT2D eigenvalue weighted by atomic mass is 10.1. The Bertz CT molecular complexity index is 398. The zero-order valence-electron chi connectivity index (χ0n) is 7.99. The minimum atomic E-state index is 0.0335. The van der Waals surface area contributed by atoms with Gasteiger partial charge in [0.05, 0.1) is 0 Å². The first kappa shape index (κ1) is 8.94. The van der Waals surface area contributed by atoms with Gasteiger partial charge in [-0.25, -0.2) is 0 Å². The van der Waals surface area contributed by atoms with Gasteiger partial charge in [0.1, 0.15) is 6.29 Å². The van der Waals surface area contributed by atoms with Crippen LogP contribution < -0.4 is 0 Å². The van der Waals surface area contributed by atoms with Gasteiger partial charge in [0, 0.05) is 24.2 Å². The van der Waals surface area contributed by atoms with Crippen LogP contribution in [0.1, 0.15) is 33.2 Å². The molecule has 3 nitrogen and oxygen atoms in total. The number of aldehydes is 1. The Morgan fingerprint density at radius 3 is 2.93 bits per heavy atom. The molecule has 0 fully saturated rings. The molecular weight excluding hydrogens is 178 g/mol. The quantitative estimate of drug-likeness (QED) is 0.661. The second-order valence-corrected chi connectivity index (χ2v) is 3.35. The van der Waals surface area contributed by atoms with Gasteiger partial charge in [0.25, 0.3) is 5.91 Å². The number of hydrogen-bond donors (Lipinski definition) is 0. The Morgan fingerprint density at radius 2 is 2.29 bits per heavy atom. The maximum Gasteiger partial charge on any atom is 0.254 e. The summed E-state index contributed by atoms with van der Waals surface area (Å²) < 4.78 is 0. The largest absolute Gasteiger partial charge is 0.335 e. The molecule has 1 aromatic carbocycles. The van der Waals surface area contributed by atoms with Crippen LogP contribution in [0, 0.1) is 0 Å². The Morgan fingerprint density at radius 1 is 1.50 bits per heavy atom. The smallest absolute Gasteiger partial charge is 0.254 e. The highest BCUT2D eigenvalue weighted by atomic mass is 16.2. The number of fused-ring (bicyclic) bond motifs is 1. The maximum atomic E-state index is 11.7. The van der Waals surface area contributed by atoms with E-state index in [9.17, 15) is 9.59 Å². The molecule has 0 unspecified atom stereocenters. The molecule has 0 radical (unpaired) electrons. The fraction of sp³-hybridized carbons (Fsp3) is 0.273. The predicted molar refractivity (Wildman–Crippen MR) is 52.2 cm³/mol. The van der Waals surface area contributed by atoms with E-state index >= 15 is 0 Å². The van der Waals surface area contributed by atoms with Crippen molar-refractivity contribution in [3.05, 3.63) is 34.9 Å². The summed E-state index contributed by atoms with van der Waals surface area (Å²) in [4.78, 5) is 24.0. The molecule has 2 rings (SSSR count). The van der Waals surface area contributed by atoms with Gasteiger partial charge in [-0.3, -0.25) is 9.59 Å². The molecule has 72 valence electrons. The standard InChI is InChI=1S/C11H11NO2/c1-2-12-6-9-4-3-8(7-13)5-10(9)11(12)14/h3-5,7H,2,6H2,1H3. The normalized spacial score (nSPS) is 14.4. The van der Waals surface area contributed by atoms with E-state index in [2.05, 4.69) is 0 Å². The topological polar surface area (TPSA) is 37.4 Å². The van der Waals surface area contributed by atoms with Gasteiger partial charge in [-0.2, -0.15) is 0 Å². The van der Waals surface area contributed by atoms with Gasteiger partial charge in [-0.05, 0) is 18.6 Å². The summed E-state index contributed by atoms with van der Waals surface area (Å²) in [6.45, 7) is 3.33. The summed E-state index contributed by atoms with van der Waals surface area (Å²) in [5.74, 6) is 0.0335. The summed E-state index contributed by atoms with van der Waals surface area (Å²) in [6.07, 6.45) is 0.766. The average molecular weight is 189 g/mol. The molecule has 1 amide bonds. The Labute approximate surface area is 82.3 Å². The van der Waals surface area contributed by atoms with Crippen molar-refractivity contribution in [2.75, 3.05) is 6.54 Å². The molecule has 0 bridgehead atoms. The lowest BCUT2D eigenvalue weighted by Gasteiger charge is -2.10. The van der Waals surface area contributed by atoms with Crippen LogP contribution in [-0.2, 0) is 6.54 Å². The third-order valence-electron chi connectivity index (χ3n) is 2.53. The van der Waals surface area contributed by atoms with E-state index in [1.807, 2.05) is 13.0 Å². The van der Waals surface area contributed by atoms with Crippen LogP contribution in [-0.4, -0.2) is 23.6 Å². The summed E-state index contributed by atoms with van der Waals surface area (Å²) in [6, 6.07) is 5.27. The lowest BCUT2D eigenvalue weighted by molar-refractivity contribution is 0.0787. The molecule has 0 saturated carbocycles. The highest BCUT2D eigenvalue weighted by Gasteiger charge is 2.25. The van der Waals surface area contributed by atoms with Crippen molar-refractivity contribution in [1.29, 1.82) is 0 Å². The van der Waals surface area contributed by atoms with Gasteiger partial charge >= 0.3 is 0 Å². The highest BCUT2D eigenvalue weighted by molar-refractivity contribution is 5.99. The van der Waals surface area contributed by atoms with Crippen molar-refractivity contribution in [2.24, 2.45) is 0 Å². The third kappa shape index (κ3) is 1.21. The van der Waals surface area contributed by atoms with Gasteiger partial charge < -0.3 is 4.90 Å². The molecule has 1 aliphatic heterocycles. The SMILES string of the molecule is CCN1Cc2ccc(C=O)cc2C1=O. The van der Waals surface area contributed by atoms with Crippen molar-refractivity contribution in [1.82, 2.24) is 4.90 Å². The summed E-state index contributed by atoms with van der Waals surface area (Å²) in [7, 11) is 0. The lowest BCUT2D eigenvalue weighted by Crippen LogP contribution is -2.22. The van der Waals surface area contributed by atoms with Crippen molar-refractivity contribution < 1.29 is 9.59 Å². The Hall–Kier alpha value is -1.64. The molecule has 0 atom stereocenters. The van der Waals surface area contributed by atoms with Crippen LogP contribution in [0.15, 0.2) is 18.2 Å². The molecule has 1 aliphatic rings. The zero-order valence-corrected chi connectivity index (χ0v) is 7.99. The second-order valence-electron chi connectivity index (χ2n) is 3.35. The molecule has 0 N–H and O–H groups in total. The van der Waals surface area contributed by atoms with E-state index in [1.54, 1.807) is 17.0 Å². The second kappa shape index (κ2) is 3.25. The number of nitrogens with zero attached hydrogens (tertiary/aromatic N) is 1. The maximum absolute atomic E-state index is 11.7. The van der Waals surface area contributed by atoms with Crippen LogP contribution in [0.4, 0.5) is 0 Å². The van der Waals surface area contributed by atoms with Gasteiger partial charge in [0.15, 0.2) is 0 Å². The van der Waals surface area contributed by atoms with Crippen molar-refractivity contribution >= 4 is 12.2 Å². The highest BCUT2D eigenvalue weighted by Crippen LogP contribution is 2.22. The van der Waals surface area contributed by atoms with Crippen LogP contribution in [0.3, 0.4) is 0 Å². The van der Waals surface area contributed by atoms with E-state index in [0.717, 1.165) is 11.8 Å². The summed E-state index contributed by atoms with van der Waals surface area (Å²) >= 11 is 0. The van der Waals surface area contributed by atoms with E-state index in [4.69, 9.17) is 0 Å². The first-order valence-electron chi connectivity index (χ1n) is 4.63. The molecule has 0 spiro atoms. The first-order chi connectivity index (χ1) is 6.76. The number of amides is 1. The fourth-order valence-corrected chi connectivity index (χ4v) is 1.71. The van der Waals surface area contributed by atoms with Gasteiger partial charge in [0.2, 0.25) is 0 Å². The van der Waals surface area contributed by atoms with Gasteiger partial charge in [-0.1, -0.05) is 12.1 Å². The van der Waals surface area contributed by atoms with Gasteiger partial charge in [-0.15, -0.1) is 0 Å². The molecule has 14 heavy (non-hydrogen) atoms. The summed E-state index contributed by atoms with van der Waals surface area (Å²) in [5.41, 5.74) is 2.26. The number of hydrogen-bond acceptors (Lipinski definition) is 2. The Kier molecular flexibility index (Phi) is 2.08. The van der Waals surface area contributed by atoms with Crippen LogP contribution in [0.2, 0.25) is 0 Å². The van der Waals surface area contributed by atoms with Crippen LogP contribution in [0.5, 0.6) is 0 Å². The number of benzene rings is 1. The summed E-state index contributed by atoms with van der Waals surface area (Å²) in [5, 5.41) is 0. The molecule has 1 heterocycles. The van der Waals surface area contributed by atoms with E-state index in [-0.39, 0.29) is 5.91 Å². The van der Waals surface area contributed by atoms with Crippen molar-refractivity contribution in [3.8, 4) is 0 Å². The molecule has 0 saturated heterocycles. The van der Waals surface area contributed by atoms with Crippen LogP contribution >= 0.6 is 0 Å². The molecule has 1 aromatic rings. The monoisotopic (exact) mass is 189 g/mol. The van der Waals surface area contributed by atoms with Crippen LogP contribution in [0.25, 0.3) is 0 Å². The van der Waals surface area contributed by atoms with Crippen molar-refractivity contribution in [3.63, 3.8) is 0 Å². The van der Waals surface area contributed by atoms with Crippen molar-refractivity contribution in [2.45, 2.75) is 13.5 Å². The number of carbonyl (C=O) groups excluding carboxylic acids is 2. The average Bonchev–Trinajstić information content (AvgIpc) is 2.55. The minimum Gasteiger partial charge on any atom is -0.335 e. The number of carbonyl (C=O) groups is 2. The Balaban J connectivity index is 2.44. The van der Waals surface area contributed by atoms with E-state index in [0.29, 0.717) is 24.2 Å². The van der Waals surface area contributed by atoms with E-state index < -0.39 is 0 Å². The third-order valence-corrected chi connectivity index (χ3v) is 2.53.